The first-order valence-corrected chi connectivity index (χ1v) is 9.63. The van der Waals surface area contributed by atoms with Crippen LogP contribution in [0.5, 0.6) is 0 Å². The van der Waals surface area contributed by atoms with Gasteiger partial charge in [-0.2, -0.15) is 0 Å². The highest BCUT2D eigenvalue weighted by molar-refractivity contribution is 5.93. The molecule has 1 aliphatic rings. The minimum Gasteiger partial charge on any atom is -0.477 e. The molecule has 1 fully saturated rings. The Balaban J connectivity index is 1.59. The Kier molecular flexibility index (Phi) is 4.43. The Morgan fingerprint density at radius 3 is 2.77 bits per heavy atom. The minimum atomic E-state index is -1.33. The van der Waals surface area contributed by atoms with Crippen LogP contribution in [0.15, 0.2) is 59.9 Å². The van der Waals surface area contributed by atoms with E-state index in [-0.39, 0.29) is 28.6 Å². The van der Waals surface area contributed by atoms with Crippen molar-refractivity contribution in [2.75, 3.05) is 5.32 Å². The second kappa shape index (κ2) is 7.28. The molecule has 0 saturated heterocycles. The number of anilines is 2. The second-order valence-electron chi connectivity index (χ2n) is 7.30. The van der Waals surface area contributed by atoms with Gasteiger partial charge in [-0.3, -0.25) is 9.78 Å². The summed E-state index contributed by atoms with van der Waals surface area (Å²) in [7, 11) is 0. The summed E-state index contributed by atoms with van der Waals surface area (Å²) in [5, 5.41) is 12.2. The summed E-state index contributed by atoms with van der Waals surface area (Å²) in [4.78, 5) is 36.7. The Bertz CT molecular complexity index is 1380. The third-order valence-electron chi connectivity index (χ3n) is 5.15. The maximum Gasteiger partial charge on any atom is 0.341 e. The number of benzene rings is 1. The van der Waals surface area contributed by atoms with Gasteiger partial charge in [0.2, 0.25) is 11.4 Å². The zero-order valence-electron chi connectivity index (χ0n) is 16.1. The van der Waals surface area contributed by atoms with Crippen LogP contribution in [0.1, 0.15) is 29.2 Å². The summed E-state index contributed by atoms with van der Waals surface area (Å²) < 4.78 is 16.6. The Morgan fingerprint density at radius 1 is 1.23 bits per heavy atom. The number of carboxylic acids is 1. The summed E-state index contributed by atoms with van der Waals surface area (Å²) >= 11 is 0. The summed E-state index contributed by atoms with van der Waals surface area (Å²) in [6, 6.07) is 8.01. The van der Waals surface area contributed by atoms with Crippen LogP contribution in [-0.4, -0.2) is 30.6 Å². The van der Waals surface area contributed by atoms with E-state index in [0.29, 0.717) is 11.2 Å². The van der Waals surface area contributed by atoms with Gasteiger partial charge in [-0.05, 0) is 43.2 Å². The van der Waals surface area contributed by atoms with Crippen molar-refractivity contribution in [3.8, 4) is 11.3 Å². The number of carbonyl (C=O) groups is 1. The smallest absolute Gasteiger partial charge is 0.341 e. The SMILES string of the molecule is O=C(O)c1cn(C2CC2)c2cc(Nc3nccc(-c4cccnc4)n3)c(F)cc2c1=O. The van der Waals surface area contributed by atoms with E-state index in [4.69, 9.17) is 0 Å². The molecule has 31 heavy (non-hydrogen) atoms. The van der Waals surface area contributed by atoms with E-state index in [1.54, 1.807) is 35.3 Å². The molecular weight excluding hydrogens is 401 g/mol. The number of hydrogen-bond donors (Lipinski definition) is 2. The topological polar surface area (TPSA) is 110 Å². The molecule has 4 aromatic rings. The molecule has 0 unspecified atom stereocenters. The number of carboxylic acid groups (broad SMARTS) is 1. The first-order valence-electron chi connectivity index (χ1n) is 9.63. The van der Waals surface area contributed by atoms with Crippen molar-refractivity contribution in [3.63, 3.8) is 0 Å². The molecule has 1 aliphatic carbocycles. The zero-order chi connectivity index (χ0) is 21.5. The molecule has 0 atom stereocenters. The third-order valence-corrected chi connectivity index (χ3v) is 5.15. The molecule has 0 bridgehead atoms. The molecule has 3 aromatic heterocycles. The lowest BCUT2D eigenvalue weighted by atomic mass is 10.1. The predicted octanol–water partition coefficient (Wildman–Crippen LogP) is 3.77. The van der Waals surface area contributed by atoms with E-state index < -0.39 is 17.2 Å². The quantitative estimate of drug-likeness (QED) is 0.509. The standard InChI is InChI=1S/C22H16FN5O3/c23-16-8-14-19(28(13-3-4-13)11-15(20(14)29)21(30)31)9-18(16)27-22-25-7-5-17(26-22)12-2-1-6-24-10-12/h1-2,5-11,13H,3-4H2,(H,30,31)(H,25,26,27). The largest absolute Gasteiger partial charge is 0.477 e. The number of pyridine rings is 2. The summed E-state index contributed by atoms with van der Waals surface area (Å²) in [5.41, 5.74) is 0.882. The highest BCUT2D eigenvalue weighted by Gasteiger charge is 2.27. The molecule has 0 amide bonds. The van der Waals surface area contributed by atoms with Crippen molar-refractivity contribution in [1.82, 2.24) is 19.5 Å². The maximum absolute atomic E-state index is 14.9. The fourth-order valence-corrected chi connectivity index (χ4v) is 3.49. The molecule has 1 saturated carbocycles. The van der Waals surface area contributed by atoms with E-state index in [1.807, 2.05) is 6.07 Å². The molecule has 1 aromatic carbocycles. The van der Waals surface area contributed by atoms with Gasteiger partial charge in [-0.25, -0.2) is 19.2 Å². The number of hydrogen-bond acceptors (Lipinski definition) is 6. The van der Waals surface area contributed by atoms with Gasteiger partial charge in [0.15, 0.2) is 0 Å². The van der Waals surface area contributed by atoms with Gasteiger partial charge in [-0.15, -0.1) is 0 Å². The van der Waals surface area contributed by atoms with E-state index in [9.17, 15) is 19.1 Å². The number of nitrogens with zero attached hydrogens (tertiary/aromatic N) is 4. The Labute approximate surface area is 175 Å². The van der Waals surface area contributed by atoms with Crippen molar-refractivity contribution in [2.45, 2.75) is 18.9 Å². The fourth-order valence-electron chi connectivity index (χ4n) is 3.49. The number of aromatic carboxylic acids is 1. The molecule has 8 nitrogen and oxygen atoms in total. The normalized spacial score (nSPS) is 13.3. The van der Waals surface area contributed by atoms with Gasteiger partial charge in [0.1, 0.15) is 11.4 Å². The van der Waals surface area contributed by atoms with Gasteiger partial charge in [-0.1, -0.05) is 0 Å². The number of fused-ring (bicyclic) bond motifs is 1. The zero-order valence-corrected chi connectivity index (χ0v) is 16.1. The molecule has 2 N–H and O–H groups in total. The average molecular weight is 417 g/mol. The summed E-state index contributed by atoms with van der Waals surface area (Å²) in [6.07, 6.45) is 7.95. The van der Waals surface area contributed by atoms with E-state index >= 15 is 0 Å². The molecule has 0 spiro atoms. The van der Waals surface area contributed by atoms with Crippen LogP contribution in [0.3, 0.4) is 0 Å². The summed E-state index contributed by atoms with van der Waals surface area (Å²) in [5.74, 6) is -1.85. The number of rotatable bonds is 5. The van der Waals surface area contributed by atoms with Crippen LogP contribution in [-0.2, 0) is 0 Å². The van der Waals surface area contributed by atoms with Crippen LogP contribution in [0.25, 0.3) is 22.2 Å². The first kappa shape index (κ1) is 18.9. The van der Waals surface area contributed by atoms with Crippen molar-refractivity contribution in [2.24, 2.45) is 0 Å². The number of nitrogens with one attached hydrogen (secondary N) is 1. The Morgan fingerprint density at radius 2 is 2.06 bits per heavy atom. The third kappa shape index (κ3) is 3.50. The lowest BCUT2D eigenvalue weighted by Crippen LogP contribution is -2.19. The number of aromatic nitrogens is 4. The summed E-state index contributed by atoms with van der Waals surface area (Å²) in [6.45, 7) is 0. The van der Waals surface area contributed by atoms with Gasteiger partial charge < -0.3 is 15.0 Å². The molecule has 154 valence electrons. The predicted molar refractivity (Wildman–Crippen MR) is 112 cm³/mol. The molecule has 5 rings (SSSR count). The fraction of sp³-hybridized carbons (Fsp3) is 0.136. The van der Waals surface area contributed by atoms with Crippen LogP contribution in [0, 0.1) is 5.82 Å². The lowest BCUT2D eigenvalue weighted by Gasteiger charge is -2.14. The van der Waals surface area contributed by atoms with Crippen LogP contribution >= 0.6 is 0 Å². The van der Waals surface area contributed by atoms with Crippen LogP contribution < -0.4 is 10.7 Å². The maximum atomic E-state index is 14.9. The lowest BCUT2D eigenvalue weighted by molar-refractivity contribution is 0.0695. The molecule has 3 heterocycles. The highest BCUT2D eigenvalue weighted by Crippen LogP contribution is 2.38. The molecular formula is C22H16FN5O3. The second-order valence-corrected chi connectivity index (χ2v) is 7.30. The van der Waals surface area contributed by atoms with E-state index in [0.717, 1.165) is 24.5 Å². The van der Waals surface area contributed by atoms with E-state index in [1.165, 1.54) is 12.3 Å². The first-order chi connectivity index (χ1) is 15.0. The van der Waals surface area contributed by atoms with E-state index in [2.05, 4.69) is 20.3 Å². The number of halogens is 1. The van der Waals surface area contributed by atoms with Crippen molar-refractivity contribution >= 4 is 28.5 Å². The van der Waals surface area contributed by atoms with Gasteiger partial charge >= 0.3 is 5.97 Å². The average Bonchev–Trinajstić information content (AvgIpc) is 3.61. The highest BCUT2D eigenvalue weighted by atomic mass is 19.1. The molecule has 0 aliphatic heterocycles. The van der Waals surface area contributed by atoms with Gasteiger partial charge in [0.05, 0.1) is 16.9 Å². The van der Waals surface area contributed by atoms with Crippen LogP contribution in [0.4, 0.5) is 16.0 Å². The molecule has 0 radical (unpaired) electrons. The van der Waals surface area contributed by atoms with Crippen molar-refractivity contribution < 1.29 is 14.3 Å². The van der Waals surface area contributed by atoms with Gasteiger partial charge in [0, 0.05) is 41.8 Å². The minimum absolute atomic E-state index is 0.0277. The van der Waals surface area contributed by atoms with Crippen LogP contribution in [0.2, 0.25) is 0 Å². The molecule has 9 heteroatoms. The monoisotopic (exact) mass is 417 g/mol. The van der Waals surface area contributed by atoms with Gasteiger partial charge in [0.25, 0.3) is 0 Å². The Hall–Kier alpha value is -4.14. The van der Waals surface area contributed by atoms with Crippen molar-refractivity contribution in [3.05, 3.63) is 76.7 Å². The van der Waals surface area contributed by atoms with Crippen molar-refractivity contribution in [1.29, 1.82) is 0 Å².